The lowest BCUT2D eigenvalue weighted by molar-refractivity contribution is -0.274. The molecule has 1 unspecified atom stereocenters. The van der Waals surface area contributed by atoms with Gasteiger partial charge in [-0.25, -0.2) is 18.9 Å². The summed E-state index contributed by atoms with van der Waals surface area (Å²) in [6.07, 6.45) is -4.37. The fourth-order valence-corrected chi connectivity index (χ4v) is 4.50. The second kappa shape index (κ2) is 14.7. The van der Waals surface area contributed by atoms with Gasteiger partial charge in [-0.3, -0.25) is 20.0 Å². The second-order valence-corrected chi connectivity index (χ2v) is 10.5. The number of alkyl halides is 4. The van der Waals surface area contributed by atoms with Crippen LogP contribution >= 0.6 is 0 Å². The molecule has 4 aromatic rings. The highest BCUT2D eigenvalue weighted by atomic mass is 19.4. The molecular weight excluding hydrogens is 606 g/mol. The molecule has 0 aliphatic rings. The minimum Gasteiger partial charge on any atom is -0.406 e. The number of ether oxygens (including phenoxy) is 1. The van der Waals surface area contributed by atoms with Gasteiger partial charge in [-0.15, -0.1) is 18.3 Å². The maximum absolute atomic E-state index is 15.1. The van der Waals surface area contributed by atoms with Crippen LogP contribution in [0, 0.1) is 6.92 Å². The number of aryl methyl sites for hydroxylation is 1. The third-order valence-electron chi connectivity index (χ3n) is 6.73. The molecule has 0 fully saturated rings. The molecule has 242 valence electrons. The smallest absolute Gasteiger partial charge is 0.406 e. The van der Waals surface area contributed by atoms with Crippen molar-refractivity contribution in [3.05, 3.63) is 89.7 Å². The predicted octanol–water partition coefficient (Wildman–Crippen LogP) is 6.61. The van der Waals surface area contributed by atoms with E-state index in [1.807, 2.05) is 39.0 Å². The zero-order valence-corrected chi connectivity index (χ0v) is 25.5. The Balaban J connectivity index is 1.37. The summed E-state index contributed by atoms with van der Waals surface area (Å²) >= 11 is 0. The Labute approximate surface area is 263 Å². The van der Waals surface area contributed by atoms with Gasteiger partial charge in [0.1, 0.15) is 18.2 Å². The van der Waals surface area contributed by atoms with E-state index in [4.69, 9.17) is 0 Å². The van der Waals surface area contributed by atoms with E-state index in [9.17, 15) is 22.8 Å². The fourth-order valence-electron chi connectivity index (χ4n) is 4.50. The van der Waals surface area contributed by atoms with Crippen molar-refractivity contribution in [2.24, 2.45) is 4.99 Å². The number of carbonyl (C=O) groups excluding carboxylic acids is 2. The first-order chi connectivity index (χ1) is 21.9. The van der Waals surface area contributed by atoms with Gasteiger partial charge in [0, 0.05) is 12.1 Å². The highest BCUT2D eigenvalue weighted by molar-refractivity contribution is 6.14. The number of amides is 3. The lowest BCUT2D eigenvalue weighted by Crippen LogP contribution is -2.48. The molecule has 2 N–H and O–H groups in total. The molecule has 1 heterocycles. The Bertz CT molecular complexity index is 1670. The molecule has 0 aliphatic carbocycles. The number of benzene rings is 3. The molecule has 3 amide bonds. The molecule has 1 aromatic heterocycles. The van der Waals surface area contributed by atoms with Gasteiger partial charge >= 0.3 is 12.4 Å². The number of nitrogens with one attached hydrogen (secondary N) is 2. The molecular formula is C32H33F4N7O3. The first-order valence-electron chi connectivity index (χ1n) is 14.3. The van der Waals surface area contributed by atoms with Crippen molar-refractivity contribution in [2.75, 3.05) is 18.0 Å². The Morgan fingerprint density at radius 1 is 1.09 bits per heavy atom. The molecule has 3 aromatic carbocycles. The van der Waals surface area contributed by atoms with E-state index in [0.717, 1.165) is 23.3 Å². The highest BCUT2D eigenvalue weighted by Gasteiger charge is 2.31. The minimum absolute atomic E-state index is 0.0137. The van der Waals surface area contributed by atoms with Crippen LogP contribution in [0.1, 0.15) is 49.6 Å². The van der Waals surface area contributed by atoms with E-state index in [1.165, 1.54) is 40.2 Å². The van der Waals surface area contributed by atoms with E-state index in [0.29, 0.717) is 34.7 Å². The summed E-state index contributed by atoms with van der Waals surface area (Å²) in [5, 5.41) is 9.39. The minimum atomic E-state index is -4.79. The van der Waals surface area contributed by atoms with E-state index >= 15 is 4.39 Å². The third kappa shape index (κ3) is 8.67. The van der Waals surface area contributed by atoms with Gasteiger partial charge in [-0.1, -0.05) is 50.2 Å². The zero-order valence-electron chi connectivity index (χ0n) is 25.5. The average molecular weight is 640 g/mol. The van der Waals surface area contributed by atoms with Crippen molar-refractivity contribution in [3.8, 4) is 22.8 Å². The van der Waals surface area contributed by atoms with Crippen molar-refractivity contribution >= 4 is 24.1 Å². The SMILES string of the molecule is CCN=C(NC(=O)NCC(F)c1ccc(-c2ncn(-c3ccc(OC(F)(F)F)cc3)n2)cc1)N(C=O)c1cc(C)ccc1C(C)C. The first-order valence-corrected chi connectivity index (χ1v) is 14.3. The summed E-state index contributed by atoms with van der Waals surface area (Å²) in [4.78, 5) is 34.7. The Morgan fingerprint density at radius 3 is 2.39 bits per heavy atom. The predicted molar refractivity (Wildman–Crippen MR) is 166 cm³/mol. The van der Waals surface area contributed by atoms with Crippen molar-refractivity contribution < 1.29 is 31.9 Å². The number of aromatic nitrogens is 3. The number of aliphatic imine (C=N–C) groups is 1. The maximum Gasteiger partial charge on any atom is 0.573 e. The monoisotopic (exact) mass is 639 g/mol. The molecule has 14 heteroatoms. The van der Waals surface area contributed by atoms with Gasteiger partial charge in [0.25, 0.3) is 0 Å². The summed E-state index contributed by atoms with van der Waals surface area (Å²) in [5.74, 6) is 0.0638. The number of carbonyl (C=O) groups is 2. The zero-order chi connectivity index (χ0) is 33.4. The van der Waals surface area contributed by atoms with E-state index < -0.39 is 18.6 Å². The van der Waals surface area contributed by atoms with Gasteiger partial charge < -0.3 is 10.1 Å². The molecule has 46 heavy (non-hydrogen) atoms. The van der Waals surface area contributed by atoms with Gasteiger partial charge in [0.05, 0.1) is 17.9 Å². The molecule has 0 spiro atoms. The summed E-state index contributed by atoms with van der Waals surface area (Å²) in [5.41, 5.74) is 3.74. The average Bonchev–Trinajstić information content (AvgIpc) is 3.50. The Kier molecular flexibility index (Phi) is 10.7. The molecule has 0 bridgehead atoms. The number of hydrogen-bond acceptors (Lipinski definition) is 6. The van der Waals surface area contributed by atoms with Crippen molar-refractivity contribution in [1.29, 1.82) is 0 Å². The molecule has 10 nitrogen and oxygen atoms in total. The Hall–Kier alpha value is -5.27. The van der Waals surface area contributed by atoms with Crippen LogP contribution in [0.25, 0.3) is 17.1 Å². The molecule has 0 saturated heterocycles. The third-order valence-corrected chi connectivity index (χ3v) is 6.73. The lowest BCUT2D eigenvalue weighted by atomic mass is 9.99. The first kappa shape index (κ1) is 33.6. The number of nitrogens with zero attached hydrogens (tertiary/aromatic N) is 5. The molecule has 1 atom stereocenters. The summed E-state index contributed by atoms with van der Waals surface area (Å²) in [7, 11) is 0. The fraction of sp³-hybridized carbons (Fsp3) is 0.281. The van der Waals surface area contributed by atoms with Crippen LogP contribution in [0.5, 0.6) is 5.75 Å². The van der Waals surface area contributed by atoms with Gasteiger partial charge in [0.2, 0.25) is 12.4 Å². The van der Waals surface area contributed by atoms with Crippen LogP contribution in [0.3, 0.4) is 0 Å². The van der Waals surface area contributed by atoms with Crippen LogP contribution < -0.4 is 20.3 Å². The normalized spacial score (nSPS) is 12.5. The standard InChI is InChI=1S/C32H33F4N7O3/c1-5-37-30(42(19-44)28-16-21(4)6-15-26(28)20(2)3)40-31(45)38-17-27(33)22-7-9-23(10-8-22)29-39-18-43(41-29)24-11-13-25(14-12-24)46-32(34,35)36/h6-16,18-20,27H,5,17H2,1-4H3,(H2,37,38,40,45). The quantitative estimate of drug-likeness (QED) is 0.0877. The molecule has 0 radical (unpaired) electrons. The van der Waals surface area contributed by atoms with Crippen LogP contribution in [0.4, 0.5) is 28.0 Å². The van der Waals surface area contributed by atoms with Crippen LogP contribution in [-0.4, -0.2) is 52.6 Å². The number of guanidine groups is 1. The van der Waals surface area contributed by atoms with Crippen LogP contribution in [-0.2, 0) is 4.79 Å². The number of hydrogen-bond donors (Lipinski definition) is 2. The van der Waals surface area contributed by atoms with Crippen molar-refractivity contribution in [3.63, 3.8) is 0 Å². The number of rotatable bonds is 10. The van der Waals surface area contributed by atoms with Crippen LogP contribution in [0.2, 0.25) is 0 Å². The summed E-state index contributed by atoms with van der Waals surface area (Å²) in [6, 6.07) is 16.4. The van der Waals surface area contributed by atoms with Gasteiger partial charge in [-0.2, -0.15) is 0 Å². The Morgan fingerprint density at radius 2 is 1.78 bits per heavy atom. The summed E-state index contributed by atoms with van der Waals surface area (Å²) in [6.45, 7) is 7.58. The van der Waals surface area contributed by atoms with Crippen molar-refractivity contribution in [1.82, 2.24) is 25.4 Å². The topological polar surface area (TPSA) is 114 Å². The maximum atomic E-state index is 15.1. The number of urea groups is 1. The van der Waals surface area contributed by atoms with E-state index in [1.54, 1.807) is 19.1 Å². The number of anilines is 1. The molecule has 0 saturated carbocycles. The second-order valence-electron chi connectivity index (χ2n) is 10.5. The molecule has 0 aliphatic heterocycles. The summed E-state index contributed by atoms with van der Waals surface area (Å²) < 4.78 is 57.6. The largest absolute Gasteiger partial charge is 0.573 e. The van der Waals surface area contributed by atoms with Crippen LogP contribution in [0.15, 0.2) is 78.0 Å². The number of halogens is 4. The van der Waals surface area contributed by atoms with Gasteiger partial charge in [-0.05, 0) is 66.8 Å². The lowest BCUT2D eigenvalue weighted by Gasteiger charge is -2.24. The van der Waals surface area contributed by atoms with Gasteiger partial charge in [0.15, 0.2) is 5.82 Å². The van der Waals surface area contributed by atoms with Crippen molar-refractivity contribution in [2.45, 2.75) is 46.1 Å². The highest BCUT2D eigenvalue weighted by Crippen LogP contribution is 2.29. The van der Waals surface area contributed by atoms with E-state index in [-0.39, 0.29) is 30.7 Å². The molecule has 4 rings (SSSR count). The van der Waals surface area contributed by atoms with E-state index in [2.05, 4.69) is 30.4 Å².